The number of alkyl halides is 1. The lowest BCUT2D eigenvalue weighted by Crippen LogP contribution is -2.73. The highest BCUT2D eigenvalue weighted by atomic mass is 35.5. The third-order valence-electron chi connectivity index (χ3n) is 5.64. The van der Waals surface area contributed by atoms with Crippen molar-refractivity contribution in [2.75, 3.05) is 17.8 Å². The summed E-state index contributed by atoms with van der Waals surface area (Å²) in [5, 5.41) is 8.55. The van der Waals surface area contributed by atoms with Crippen molar-refractivity contribution in [2.24, 2.45) is 11.1 Å². The van der Waals surface area contributed by atoms with Gasteiger partial charge in [-0.25, -0.2) is 19.4 Å². The molecule has 2 aliphatic heterocycles. The smallest absolute Gasteiger partial charge is 0.413 e. The lowest BCUT2D eigenvalue weighted by atomic mass is 9.98. The summed E-state index contributed by atoms with van der Waals surface area (Å²) < 4.78 is 19.2. The van der Waals surface area contributed by atoms with E-state index in [1.54, 1.807) is 34.6 Å². The van der Waals surface area contributed by atoms with Crippen LogP contribution < -0.4 is 10.6 Å². The summed E-state index contributed by atoms with van der Waals surface area (Å²) in [4.78, 5) is 73.5. The van der Waals surface area contributed by atoms with Gasteiger partial charge < -0.3 is 28.9 Å². The van der Waals surface area contributed by atoms with Gasteiger partial charge in [0, 0.05) is 17.4 Å². The molecule has 0 aliphatic carbocycles. The van der Waals surface area contributed by atoms with Crippen molar-refractivity contribution in [3.05, 3.63) is 21.3 Å². The van der Waals surface area contributed by atoms with Gasteiger partial charge in [-0.3, -0.25) is 19.8 Å². The van der Waals surface area contributed by atoms with E-state index in [-0.39, 0.29) is 38.9 Å². The highest BCUT2D eigenvalue weighted by molar-refractivity contribution is 7.20. The Morgan fingerprint density at radius 1 is 1.23 bits per heavy atom. The minimum Gasteiger partial charge on any atom is -0.541 e. The van der Waals surface area contributed by atoms with Crippen LogP contribution in [0.15, 0.2) is 16.4 Å². The zero-order valence-corrected chi connectivity index (χ0v) is 25.8. The molecule has 1 fully saturated rings. The minimum atomic E-state index is -1.35. The molecule has 2 aliphatic rings. The van der Waals surface area contributed by atoms with Crippen molar-refractivity contribution in [1.82, 2.24) is 15.2 Å². The quantitative estimate of drug-likeness (QED) is 0.122. The highest BCUT2D eigenvalue weighted by Crippen LogP contribution is 2.34. The van der Waals surface area contributed by atoms with Crippen LogP contribution in [0.5, 0.6) is 0 Å². The molecule has 3 rings (SSSR count). The van der Waals surface area contributed by atoms with Crippen LogP contribution in [-0.2, 0) is 42.8 Å². The standard InChI is InChI=1S/C23H25B2Cl2N5O10S/c1-8(2)14(20(36)41-25)42-31-11(10-15(27)43-21(29-10)30-22(37)39-23(3,4)5)16(33)28-12-17(34)32-13(19(35)40-24)9(6-26)7-38-18(12)32/h8,12,14,18H,6-7H2,1-5H3,(H,28,33)(H,29,30,37)/b31-11-/t12-,14+,18-/m1/s1. The number of carbonyl (C=O) groups excluding carboxylic acids is 5. The average molecular weight is 656 g/mol. The average Bonchev–Trinajstić information content (AvgIpc) is 3.29. The van der Waals surface area contributed by atoms with Gasteiger partial charge in [-0.1, -0.05) is 41.9 Å². The molecule has 3 heterocycles. The summed E-state index contributed by atoms with van der Waals surface area (Å²) in [5.41, 5.74) is -1.64. The summed E-state index contributed by atoms with van der Waals surface area (Å²) in [6, 6.07) is -1.32. The van der Waals surface area contributed by atoms with Gasteiger partial charge in [0.1, 0.15) is 21.3 Å². The monoisotopic (exact) mass is 655 g/mol. The molecule has 3 atom stereocenters. The van der Waals surface area contributed by atoms with E-state index in [1.807, 2.05) is 0 Å². The highest BCUT2D eigenvalue weighted by Gasteiger charge is 2.55. The Labute approximate surface area is 262 Å². The van der Waals surface area contributed by atoms with Gasteiger partial charge in [-0.05, 0) is 20.8 Å². The number of halogens is 2. The Balaban J connectivity index is 1.92. The van der Waals surface area contributed by atoms with Gasteiger partial charge in [0.15, 0.2) is 23.1 Å². The van der Waals surface area contributed by atoms with E-state index in [0.29, 0.717) is 0 Å². The zero-order valence-electron chi connectivity index (χ0n) is 23.5. The number of β-lactam (4-membered cyclic amide) rings is 1. The number of ether oxygens (including phenoxy) is 2. The van der Waals surface area contributed by atoms with E-state index >= 15 is 0 Å². The second kappa shape index (κ2) is 14.0. The first-order valence-electron chi connectivity index (χ1n) is 12.4. The van der Waals surface area contributed by atoms with Crippen molar-refractivity contribution in [3.8, 4) is 0 Å². The van der Waals surface area contributed by atoms with Gasteiger partial charge in [0.2, 0.25) is 6.10 Å². The van der Waals surface area contributed by atoms with Crippen molar-refractivity contribution in [1.29, 1.82) is 0 Å². The Bertz CT molecular complexity index is 1370. The molecule has 1 saturated heterocycles. The molecule has 43 heavy (non-hydrogen) atoms. The summed E-state index contributed by atoms with van der Waals surface area (Å²) in [6.07, 6.45) is -3.33. The van der Waals surface area contributed by atoms with Crippen LogP contribution >= 0.6 is 34.5 Å². The molecule has 3 amide bonds. The topological polar surface area (TPSA) is 184 Å². The maximum Gasteiger partial charge on any atom is 0.413 e. The van der Waals surface area contributed by atoms with Crippen LogP contribution in [0.4, 0.5) is 9.93 Å². The number of nitrogens with zero attached hydrogens (tertiary/aromatic N) is 3. The fourth-order valence-electron chi connectivity index (χ4n) is 3.74. The van der Waals surface area contributed by atoms with E-state index in [2.05, 4.69) is 30.1 Å². The molecule has 15 nitrogen and oxygen atoms in total. The number of hydrogen-bond acceptors (Lipinski definition) is 13. The van der Waals surface area contributed by atoms with Crippen LogP contribution in [0.25, 0.3) is 0 Å². The molecule has 1 aromatic rings. The van der Waals surface area contributed by atoms with Crippen molar-refractivity contribution in [3.63, 3.8) is 0 Å². The molecular formula is C23H25B2Cl2N5O10S. The van der Waals surface area contributed by atoms with Crippen molar-refractivity contribution in [2.45, 2.75) is 58.6 Å². The molecule has 4 radical (unpaired) electrons. The molecule has 0 unspecified atom stereocenters. The van der Waals surface area contributed by atoms with Crippen LogP contribution in [0.2, 0.25) is 4.34 Å². The number of oxime groups is 1. The largest absolute Gasteiger partial charge is 0.541 e. The number of thiazole rings is 1. The molecule has 20 heteroatoms. The normalized spacial score (nSPS) is 19.2. The number of fused-ring (bicyclic) bond motifs is 1. The van der Waals surface area contributed by atoms with Crippen LogP contribution in [0, 0.1) is 5.92 Å². The van der Waals surface area contributed by atoms with Gasteiger partial charge >= 0.3 is 34.1 Å². The number of anilines is 1. The third kappa shape index (κ3) is 7.79. The molecule has 1 aromatic heterocycles. The van der Waals surface area contributed by atoms with E-state index in [1.165, 1.54) is 0 Å². The molecule has 2 N–H and O–H groups in total. The van der Waals surface area contributed by atoms with E-state index in [9.17, 15) is 24.0 Å². The Morgan fingerprint density at radius 2 is 1.91 bits per heavy atom. The first kappa shape index (κ1) is 34.2. The molecule has 0 bridgehead atoms. The SMILES string of the molecule is [B]OC(=O)C1=C(CCl)CO[C@@H]2[C@H](NC(=O)/C(=N\O[C@H](C(=O)O[B])C(C)C)c3nc(NC(=O)OC(C)(C)C)sc3Cl)C(=O)N12. The predicted molar refractivity (Wildman–Crippen MR) is 153 cm³/mol. The Morgan fingerprint density at radius 3 is 2.47 bits per heavy atom. The number of amides is 3. The minimum absolute atomic E-state index is 0.0679. The molecule has 0 saturated carbocycles. The van der Waals surface area contributed by atoms with E-state index < -0.39 is 65.5 Å². The Hall–Kier alpha value is -3.34. The lowest BCUT2D eigenvalue weighted by Gasteiger charge is -2.49. The maximum atomic E-state index is 13.5. The van der Waals surface area contributed by atoms with Gasteiger partial charge in [-0.2, -0.15) is 0 Å². The fraction of sp³-hybridized carbons (Fsp3) is 0.522. The first-order chi connectivity index (χ1) is 20.1. The second-order valence-electron chi connectivity index (χ2n) is 10.3. The number of aromatic nitrogens is 1. The van der Waals surface area contributed by atoms with Gasteiger partial charge in [0.05, 0.1) is 6.61 Å². The van der Waals surface area contributed by atoms with E-state index in [4.69, 9.17) is 53.6 Å². The number of carbonyl (C=O) groups is 5. The van der Waals surface area contributed by atoms with Crippen LogP contribution in [0.1, 0.15) is 40.3 Å². The molecular weight excluding hydrogens is 631 g/mol. The first-order valence-corrected chi connectivity index (χ1v) is 14.1. The predicted octanol–water partition coefficient (Wildman–Crippen LogP) is 1.32. The molecule has 228 valence electrons. The molecule has 0 aromatic carbocycles. The van der Waals surface area contributed by atoms with Gasteiger partial charge in [-0.15, -0.1) is 11.6 Å². The van der Waals surface area contributed by atoms with Crippen molar-refractivity contribution >= 4 is 91.3 Å². The summed E-state index contributed by atoms with van der Waals surface area (Å²) >= 11 is 13.0. The van der Waals surface area contributed by atoms with Crippen LogP contribution in [-0.4, -0.2) is 98.0 Å². The molecule has 0 spiro atoms. The lowest BCUT2D eigenvalue weighted by molar-refractivity contribution is -0.183. The Kier molecular flexibility index (Phi) is 11.1. The summed E-state index contributed by atoms with van der Waals surface area (Å²) in [6.45, 7) is 8.01. The summed E-state index contributed by atoms with van der Waals surface area (Å²) in [7, 11) is 9.99. The maximum absolute atomic E-state index is 13.5. The number of nitrogens with one attached hydrogen (secondary N) is 2. The second-order valence-corrected chi connectivity index (χ2v) is 12.1. The van der Waals surface area contributed by atoms with Crippen molar-refractivity contribution < 1.29 is 47.6 Å². The summed E-state index contributed by atoms with van der Waals surface area (Å²) in [5.74, 6) is -4.49. The number of hydrogen-bond donors (Lipinski definition) is 2. The van der Waals surface area contributed by atoms with Gasteiger partial charge in [0.25, 0.3) is 11.8 Å². The third-order valence-corrected chi connectivity index (χ3v) is 7.13. The van der Waals surface area contributed by atoms with E-state index in [0.717, 1.165) is 16.2 Å². The number of rotatable bonds is 10. The fourth-order valence-corrected chi connectivity index (χ4v) is 4.97. The zero-order chi connectivity index (χ0) is 32.2. The van der Waals surface area contributed by atoms with Crippen LogP contribution in [0.3, 0.4) is 0 Å².